The molecule has 1 aromatic carbocycles. The number of aromatic hydroxyl groups is 1. The van der Waals surface area contributed by atoms with Crippen LogP contribution in [0.5, 0.6) is 5.75 Å². The molecular formula is C14H11ClN2O2. The number of para-hydroxylation sites is 1. The van der Waals surface area contributed by atoms with Crippen molar-refractivity contribution in [3.63, 3.8) is 0 Å². The number of aromatic nitrogens is 2. The number of rotatable bonds is 1. The van der Waals surface area contributed by atoms with E-state index in [-0.39, 0.29) is 29.4 Å². The lowest BCUT2D eigenvalue weighted by Crippen LogP contribution is -3.00. The molecule has 0 unspecified atom stereocenters. The van der Waals surface area contributed by atoms with Crippen molar-refractivity contribution < 1.29 is 22.1 Å². The van der Waals surface area contributed by atoms with Gasteiger partial charge in [0.1, 0.15) is 0 Å². The second-order valence-electron chi connectivity index (χ2n) is 3.98. The molecular weight excluding hydrogens is 264 g/mol. The number of pyridine rings is 2. The lowest BCUT2D eigenvalue weighted by atomic mass is 10.2. The summed E-state index contributed by atoms with van der Waals surface area (Å²) in [7, 11) is 0. The van der Waals surface area contributed by atoms with Crippen molar-refractivity contribution in [1.29, 1.82) is 0 Å². The largest absolute Gasteiger partial charge is 1.00 e. The van der Waals surface area contributed by atoms with Crippen LogP contribution in [0.15, 0.2) is 59.7 Å². The van der Waals surface area contributed by atoms with Gasteiger partial charge in [0, 0.05) is 17.5 Å². The number of fused-ring (bicyclic) bond motifs is 1. The fraction of sp³-hybridized carbons (Fsp3) is 0. The fourth-order valence-corrected chi connectivity index (χ4v) is 2.00. The molecule has 0 fully saturated rings. The number of nitrogens with one attached hydrogen (secondary N) is 1. The number of hydrogen-bond acceptors (Lipinski definition) is 2. The van der Waals surface area contributed by atoms with Crippen LogP contribution in [-0.2, 0) is 0 Å². The van der Waals surface area contributed by atoms with E-state index in [1.54, 1.807) is 41.2 Å². The minimum Gasteiger partial charge on any atom is -1.00 e. The zero-order chi connectivity index (χ0) is 12.5. The summed E-state index contributed by atoms with van der Waals surface area (Å²) in [6.45, 7) is 0. The Balaban J connectivity index is 0.00000133. The Morgan fingerprint density at radius 2 is 1.68 bits per heavy atom. The van der Waals surface area contributed by atoms with Crippen molar-refractivity contribution in [2.45, 2.75) is 0 Å². The number of hydrogen-bond donors (Lipinski definition) is 2. The van der Waals surface area contributed by atoms with Crippen LogP contribution in [0.1, 0.15) is 0 Å². The highest BCUT2D eigenvalue weighted by atomic mass is 35.5. The maximum Gasteiger partial charge on any atom is 0.325 e. The Hall–Kier alpha value is -2.33. The molecule has 0 saturated carbocycles. The zero-order valence-corrected chi connectivity index (χ0v) is 10.6. The second-order valence-corrected chi connectivity index (χ2v) is 3.98. The Kier molecular flexibility index (Phi) is 3.53. The topological polar surface area (TPSA) is 57.0 Å². The molecule has 19 heavy (non-hydrogen) atoms. The van der Waals surface area contributed by atoms with E-state index in [1.165, 1.54) is 0 Å². The van der Waals surface area contributed by atoms with E-state index in [4.69, 9.17) is 0 Å². The lowest BCUT2D eigenvalue weighted by molar-refractivity contribution is -0.597. The predicted molar refractivity (Wildman–Crippen MR) is 67.8 cm³/mol. The lowest BCUT2D eigenvalue weighted by Gasteiger charge is -2.02. The molecule has 2 N–H and O–H groups in total. The van der Waals surface area contributed by atoms with Crippen LogP contribution in [-0.4, -0.2) is 10.1 Å². The standard InChI is InChI=1S/C14H10N2O2.ClH/c17-13-10-6-2-3-7-11(10)15-14(18)12(13)16-8-4-1-5-9-16;/h1-9H,(H-,15,17,18);1H. The van der Waals surface area contributed by atoms with Crippen molar-refractivity contribution in [2.24, 2.45) is 0 Å². The normalized spacial score (nSPS) is 10.1. The molecule has 0 saturated heterocycles. The van der Waals surface area contributed by atoms with Crippen LogP contribution in [0.3, 0.4) is 0 Å². The van der Waals surface area contributed by atoms with Gasteiger partial charge >= 0.3 is 11.2 Å². The Labute approximate surface area is 115 Å². The van der Waals surface area contributed by atoms with Crippen LogP contribution < -0.4 is 22.5 Å². The summed E-state index contributed by atoms with van der Waals surface area (Å²) in [6, 6.07) is 12.6. The van der Waals surface area contributed by atoms with Crippen molar-refractivity contribution in [3.05, 3.63) is 65.2 Å². The van der Waals surface area contributed by atoms with Gasteiger partial charge in [0.25, 0.3) is 0 Å². The Morgan fingerprint density at radius 1 is 1.00 bits per heavy atom. The van der Waals surface area contributed by atoms with E-state index in [1.807, 2.05) is 18.2 Å². The van der Waals surface area contributed by atoms with E-state index < -0.39 is 0 Å². The first kappa shape index (κ1) is 13.1. The van der Waals surface area contributed by atoms with Gasteiger partial charge in [-0.25, -0.2) is 0 Å². The van der Waals surface area contributed by atoms with Gasteiger partial charge in [-0.3, -0.25) is 4.79 Å². The smallest absolute Gasteiger partial charge is 0.325 e. The molecule has 0 radical (unpaired) electrons. The summed E-state index contributed by atoms with van der Waals surface area (Å²) in [6.07, 6.45) is 3.44. The van der Waals surface area contributed by atoms with Gasteiger partial charge < -0.3 is 22.5 Å². The van der Waals surface area contributed by atoms with Gasteiger partial charge in [-0.05, 0) is 12.1 Å². The van der Waals surface area contributed by atoms with E-state index in [2.05, 4.69) is 4.98 Å². The van der Waals surface area contributed by atoms with Crippen LogP contribution in [0.4, 0.5) is 0 Å². The molecule has 4 nitrogen and oxygen atoms in total. The van der Waals surface area contributed by atoms with E-state index in [0.29, 0.717) is 10.9 Å². The highest BCUT2D eigenvalue weighted by Crippen LogP contribution is 2.23. The third-order valence-electron chi connectivity index (χ3n) is 2.84. The summed E-state index contributed by atoms with van der Waals surface area (Å²) in [5.74, 6) is -0.00875. The average molecular weight is 275 g/mol. The van der Waals surface area contributed by atoms with E-state index in [0.717, 1.165) is 0 Å². The number of benzene rings is 1. The van der Waals surface area contributed by atoms with Crippen molar-refractivity contribution in [1.82, 2.24) is 4.98 Å². The van der Waals surface area contributed by atoms with E-state index >= 15 is 0 Å². The molecule has 0 aliphatic carbocycles. The zero-order valence-electron chi connectivity index (χ0n) is 9.88. The summed E-state index contributed by atoms with van der Waals surface area (Å²) in [4.78, 5) is 14.8. The number of aromatic amines is 1. The molecule has 3 aromatic rings. The molecule has 0 amide bonds. The number of H-pyrrole nitrogens is 1. The Morgan fingerprint density at radius 3 is 2.42 bits per heavy atom. The van der Waals surface area contributed by atoms with Gasteiger partial charge in [0.15, 0.2) is 12.4 Å². The van der Waals surface area contributed by atoms with Gasteiger partial charge in [0.05, 0.1) is 5.52 Å². The molecule has 96 valence electrons. The quantitative estimate of drug-likeness (QED) is 0.532. The number of nitrogens with zero attached hydrogens (tertiary/aromatic N) is 1. The maximum atomic E-state index is 12.0. The van der Waals surface area contributed by atoms with Crippen molar-refractivity contribution in [2.75, 3.05) is 0 Å². The minimum atomic E-state index is -0.317. The maximum absolute atomic E-state index is 12.0. The van der Waals surface area contributed by atoms with E-state index in [9.17, 15) is 9.90 Å². The summed E-state index contributed by atoms with van der Waals surface area (Å²) >= 11 is 0. The molecule has 0 aliphatic heterocycles. The summed E-state index contributed by atoms with van der Waals surface area (Å²) in [5, 5.41) is 10.9. The molecule has 5 heteroatoms. The van der Waals surface area contributed by atoms with Crippen LogP contribution in [0.25, 0.3) is 16.6 Å². The second kappa shape index (κ2) is 5.12. The molecule has 0 bridgehead atoms. The molecule has 3 rings (SSSR count). The van der Waals surface area contributed by atoms with Gasteiger partial charge in [-0.1, -0.05) is 18.2 Å². The molecule has 2 aromatic heterocycles. The molecule has 2 heterocycles. The highest BCUT2D eigenvalue weighted by Gasteiger charge is 2.19. The first-order chi connectivity index (χ1) is 8.77. The predicted octanol–water partition coefficient (Wildman–Crippen LogP) is -1.49. The molecule has 0 atom stereocenters. The Bertz CT molecular complexity index is 769. The van der Waals surface area contributed by atoms with Crippen molar-refractivity contribution in [3.8, 4) is 11.4 Å². The van der Waals surface area contributed by atoms with Gasteiger partial charge in [0.2, 0.25) is 5.75 Å². The van der Waals surface area contributed by atoms with Gasteiger partial charge in [-0.15, -0.1) is 0 Å². The number of halogens is 1. The van der Waals surface area contributed by atoms with Crippen molar-refractivity contribution >= 4 is 10.9 Å². The van der Waals surface area contributed by atoms with Crippen LogP contribution in [0.2, 0.25) is 0 Å². The molecule has 0 spiro atoms. The average Bonchev–Trinajstić information content (AvgIpc) is 2.40. The van der Waals surface area contributed by atoms with Gasteiger partial charge in [-0.2, -0.15) is 4.57 Å². The fourth-order valence-electron chi connectivity index (χ4n) is 2.00. The first-order valence-electron chi connectivity index (χ1n) is 5.58. The minimum absolute atomic E-state index is 0. The highest BCUT2D eigenvalue weighted by molar-refractivity contribution is 5.86. The van der Waals surface area contributed by atoms with Crippen LogP contribution >= 0.6 is 0 Å². The monoisotopic (exact) mass is 274 g/mol. The summed E-state index contributed by atoms with van der Waals surface area (Å²) in [5.41, 5.74) is 0.539. The third kappa shape index (κ3) is 2.18. The first-order valence-corrected chi connectivity index (χ1v) is 5.58. The SMILES string of the molecule is O=c1[nH]c2ccccc2c(O)c1-[n+]1ccccc1.[Cl-]. The summed E-state index contributed by atoms with van der Waals surface area (Å²) < 4.78 is 1.60. The van der Waals surface area contributed by atoms with Crippen LogP contribution in [0, 0.1) is 0 Å². The third-order valence-corrected chi connectivity index (χ3v) is 2.84. The molecule has 0 aliphatic rings.